The second-order valence-corrected chi connectivity index (χ2v) is 8.46. The first-order valence-electron chi connectivity index (χ1n) is 9.36. The number of nitrogens with zero attached hydrogens (tertiary/aromatic N) is 2. The molecule has 3 rings (SSSR count). The lowest BCUT2D eigenvalue weighted by atomic mass is 10.1. The molecular formula is C18H33N3O2. The third kappa shape index (κ3) is 5.35. The summed E-state index contributed by atoms with van der Waals surface area (Å²) in [6.07, 6.45) is 5.56. The normalized spacial score (nSPS) is 23.4. The third-order valence-electron chi connectivity index (χ3n) is 5.09. The van der Waals surface area contributed by atoms with E-state index in [0.717, 1.165) is 57.1 Å². The molecule has 0 bridgehead atoms. The van der Waals surface area contributed by atoms with Gasteiger partial charge in [-0.05, 0) is 58.3 Å². The second-order valence-electron chi connectivity index (χ2n) is 8.46. The number of rotatable bonds is 6. The Balaban J connectivity index is 1.32. The van der Waals surface area contributed by atoms with E-state index in [0.29, 0.717) is 0 Å². The van der Waals surface area contributed by atoms with Crippen molar-refractivity contribution < 1.29 is 9.53 Å². The largest absolute Gasteiger partial charge is 0.444 e. The Morgan fingerprint density at radius 1 is 1.09 bits per heavy atom. The summed E-state index contributed by atoms with van der Waals surface area (Å²) in [6, 6.07) is 0.790. The van der Waals surface area contributed by atoms with Gasteiger partial charge in [0.25, 0.3) is 0 Å². The van der Waals surface area contributed by atoms with Crippen molar-refractivity contribution in [1.29, 1.82) is 0 Å². The Bertz CT molecular complexity index is 393. The Hall–Kier alpha value is -0.810. The van der Waals surface area contributed by atoms with E-state index >= 15 is 0 Å². The predicted molar refractivity (Wildman–Crippen MR) is 91.5 cm³/mol. The van der Waals surface area contributed by atoms with Gasteiger partial charge in [0.05, 0.1) is 0 Å². The van der Waals surface area contributed by atoms with Crippen molar-refractivity contribution in [2.75, 3.05) is 39.3 Å². The van der Waals surface area contributed by atoms with Crippen LogP contribution in [-0.2, 0) is 4.74 Å². The Morgan fingerprint density at radius 3 is 2.13 bits per heavy atom. The lowest BCUT2D eigenvalue weighted by molar-refractivity contribution is 0.0145. The van der Waals surface area contributed by atoms with Gasteiger partial charge < -0.3 is 15.0 Å². The maximum absolute atomic E-state index is 12.1. The molecule has 0 aromatic rings. The molecule has 0 unspecified atom stereocenters. The zero-order valence-electron chi connectivity index (χ0n) is 15.0. The van der Waals surface area contributed by atoms with Crippen LogP contribution in [0.15, 0.2) is 0 Å². The Morgan fingerprint density at radius 2 is 1.65 bits per heavy atom. The van der Waals surface area contributed by atoms with Gasteiger partial charge in [-0.15, -0.1) is 0 Å². The Kier molecular flexibility index (Phi) is 5.16. The number of carbonyl (C=O) groups excluding carboxylic acids is 1. The first kappa shape index (κ1) is 17.0. The average molecular weight is 323 g/mol. The number of hydrogen-bond donors (Lipinski definition) is 1. The highest BCUT2D eigenvalue weighted by molar-refractivity contribution is 5.68. The summed E-state index contributed by atoms with van der Waals surface area (Å²) in [6.45, 7) is 11.4. The van der Waals surface area contributed by atoms with Crippen molar-refractivity contribution in [3.63, 3.8) is 0 Å². The number of carbonyl (C=O) groups is 1. The van der Waals surface area contributed by atoms with Crippen LogP contribution in [0.2, 0.25) is 0 Å². The molecule has 3 aliphatic rings. The van der Waals surface area contributed by atoms with E-state index in [4.69, 9.17) is 4.74 Å². The molecule has 23 heavy (non-hydrogen) atoms. The zero-order chi connectivity index (χ0) is 16.4. The lowest BCUT2D eigenvalue weighted by Crippen LogP contribution is -2.51. The molecule has 1 amide bonds. The molecule has 1 N–H and O–H groups in total. The van der Waals surface area contributed by atoms with Gasteiger partial charge >= 0.3 is 6.09 Å². The van der Waals surface area contributed by atoms with Crippen LogP contribution >= 0.6 is 0 Å². The fraction of sp³-hybridized carbons (Fsp3) is 0.944. The fourth-order valence-electron chi connectivity index (χ4n) is 3.50. The SMILES string of the molecule is CC(C)(C)OC(=O)N1CCN(CCNC(C2CC2)C2CC2)CC1. The summed E-state index contributed by atoms with van der Waals surface area (Å²) in [5, 5.41) is 3.81. The highest BCUT2D eigenvalue weighted by Gasteiger charge is 2.40. The first-order valence-corrected chi connectivity index (χ1v) is 9.36. The molecule has 0 aromatic carbocycles. The van der Waals surface area contributed by atoms with Gasteiger partial charge in [-0.3, -0.25) is 4.90 Å². The molecule has 132 valence electrons. The van der Waals surface area contributed by atoms with E-state index in [-0.39, 0.29) is 6.09 Å². The number of hydrogen-bond acceptors (Lipinski definition) is 4. The fourth-order valence-corrected chi connectivity index (χ4v) is 3.50. The molecule has 5 heteroatoms. The minimum Gasteiger partial charge on any atom is -0.444 e. The highest BCUT2D eigenvalue weighted by atomic mass is 16.6. The zero-order valence-corrected chi connectivity index (χ0v) is 15.0. The van der Waals surface area contributed by atoms with E-state index in [9.17, 15) is 4.79 Å². The highest BCUT2D eigenvalue weighted by Crippen LogP contribution is 2.44. The van der Waals surface area contributed by atoms with Gasteiger partial charge in [0.2, 0.25) is 0 Å². The van der Waals surface area contributed by atoms with Crippen LogP contribution in [0.4, 0.5) is 4.79 Å². The third-order valence-corrected chi connectivity index (χ3v) is 5.09. The molecule has 1 heterocycles. The quantitative estimate of drug-likeness (QED) is 0.815. The topological polar surface area (TPSA) is 44.8 Å². The first-order chi connectivity index (χ1) is 10.9. The monoisotopic (exact) mass is 323 g/mol. The van der Waals surface area contributed by atoms with E-state index < -0.39 is 5.60 Å². The summed E-state index contributed by atoms with van der Waals surface area (Å²) in [5.74, 6) is 1.93. The van der Waals surface area contributed by atoms with Gasteiger partial charge in [-0.25, -0.2) is 4.79 Å². The molecule has 0 aromatic heterocycles. The van der Waals surface area contributed by atoms with E-state index in [2.05, 4.69) is 10.2 Å². The van der Waals surface area contributed by atoms with Gasteiger partial charge in [0, 0.05) is 45.3 Å². The molecule has 0 spiro atoms. The van der Waals surface area contributed by atoms with Gasteiger partial charge in [0.15, 0.2) is 0 Å². The summed E-state index contributed by atoms with van der Waals surface area (Å²) < 4.78 is 5.45. The number of amides is 1. The van der Waals surface area contributed by atoms with Crippen molar-refractivity contribution in [3.05, 3.63) is 0 Å². The van der Waals surface area contributed by atoms with Crippen LogP contribution in [0, 0.1) is 11.8 Å². The number of piperazine rings is 1. The molecule has 1 saturated heterocycles. The number of ether oxygens (including phenoxy) is 1. The predicted octanol–water partition coefficient (Wildman–Crippen LogP) is 2.32. The van der Waals surface area contributed by atoms with Crippen LogP contribution in [0.3, 0.4) is 0 Å². The summed E-state index contributed by atoms with van der Waals surface area (Å²) >= 11 is 0. The molecule has 2 saturated carbocycles. The summed E-state index contributed by atoms with van der Waals surface area (Å²) in [4.78, 5) is 16.4. The van der Waals surface area contributed by atoms with Crippen molar-refractivity contribution in [3.8, 4) is 0 Å². The molecule has 0 radical (unpaired) electrons. The van der Waals surface area contributed by atoms with Crippen molar-refractivity contribution in [2.24, 2.45) is 11.8 Å². The molecule has 1 aliphatic heterocycles. The van der Waals surface area contributed by atoms with Crippen LogP contribution in [0.5, 0.6) is 0 Å². The van der Waals surface area contributed by atoms with Gasteiger partial charge in [-0.2, -0.15) is 0 Å². The van der Waals surface area contributed by atoms with Gasteiger partial charge in [0.1, 0.15) is 5.60 Å². The average Bonchev–Trinajstić information content (AvgIpc) is 3.36. The van der Waals surface area contributed by atoms with E-state index in [1.807, 2.05) is 25.7 Å². The molecule has 0 atom stereocenters. The standard InChI is InChI=1S/C18H33N3O2/c1-18(2,3)23-17(22)21-12-10-20(11-13-21)9-8-19-16(14-4-5-14)15-6-7-15/h14-16,19H,4-13H2,1-3H3. The molecule has 5 nitrogen and oxygen atoms in total. The molecular weight excluding hydrogens is 290 g/mol. The molecule has 3 fully saturated rings. The van der Waals surface area contributed by atoms with E-state index in [1.165, 1.54) is 25.7 Å². The number of nitrogens with one attached hydrogen (secondary N) is 1. The van der Waals surface area contributed by atoms with Crippen LogP contribution in [0.25, 0.3) is 0 Å². The van der Waals surface area contributed by atoms with Crippen LogP contribution < -0.4 is 5.32 Å². The van der Waals surface area contributed by atoms with Crippen molar-refractivity contribution in [1.82, 2.24) is 15.1 Å². The van der Waals surface area contributed by atoms with Crippen LogP contribution in [0.1, 0.15) is 46.5 Å². The Labute approximate surface area is 140 Å². The minimum absolute atomic E-state index is 0.169. The second kappa shape index (κ2) is 6.98. The summed E-state index contributed by atoms with van der Waals surface area (Å²) in [7, 11) is 0. The summed E-state index contributed by atoms with van der Waals surface area (Å²) in [5.41, 5.74) is -0.404. The van der Waals surface area contributed by atoms with Crippen molar-refractivity contribution >= 4 is 6.09 Å². The maximum Gasteiger partial charge on any atom is 0.410 e. The van der Waals surface area contributed by atoms with Gasteiger partial charge in [-0.1, -0.05) is 0 Å². The maximum atomic E-state index is 12.1. The van der Waals surface area contributed by atoms with Crippen LogP contribution in [-0.4, -0.2) is 66.8 Å². The van der Waals surface area contributed by atoms with E-state index in [1.54, 1.807) is 0 Å². The lowest BCUT2D eigenvalue weighted by Gasteiger charge is -2.35. The molecule has 2 aliphatic carbocycles. The smallest absolute Gasteiger partial charge is 0.410 e. The van der Waals surface area contributed by atoms with Crippen molar-refractivity contribution in [2.45, 2.75) is 58.1 Å². The minimum atomic E-state index is -0.404.